The third kappa shape index (κ3) is 10.8. The summed E-state index contributed by atoms with van der Waals surface area (Å²) >= 11 is 0. The maximum atomic E-state index is 13.5. The fourth-order valence-electron chi connectivity index (χ4n) is 5.77. The first kappa shape index (κ1) is 38.0. The number of hydrogen-bond donors (Lipinski definition) is 2. The van der Waals surface area contributed by atoms with Crippen molar-refractivity contribution < 1.29 is 24.2 Å². The summed E-state index contributed by atoms with van der Waals surface area (Å²) < 4.78 is 5.89. The maximum absolute atomic E-state index is 13.5. The van der Waals surface area contributed by atoms with Gasteiger partial charge in [0, 0.05) is 41.4 Å². The zero-order chi connectivity index (χ0) is 36.3. The molecular formula is C42H51N3O5. The predicted octanol–water partition coefficient (Wildman–Crippen LogP) is 8.79. The minimum Gasteiger partial charge on any atom is -0.494 e. The molecule has 2 N–H and O–H groups in total. The monoisotopic (exact) mass is 677 g/mol. The van der Waals surface area contributed by atoms with Crippen molar-refractivity contribution in [3.05, 3.63) is 101 Å². The number of aromatic nitrogens is 2. The highest BCUT2D eigenvalue weighted by Crippen LogP contribution is 2.27. The van der Waals surface area contributed by atoms with E-state index in [1.165, 1.54) is 32.6 Å². The average molecular weight is 678 g/mol. The molecule has 8 heteroatoms. The molecule has 0 radical (unpaired) electrons. The molecule has 8 nitrogen and oxygen atoms in total. The van der Waals surface area contributed by atoms with E-state index in [1.54, 1.807) is 12.4 Å². The number of carboxylic acids is 1. The fourth-order valence-corrected chi connectivity index (χ4v) is 5.77. The summed E-state index contributed by atoms with van der Waals surface area (Å²) in [6, 6.07) is 20.3. The SMILES string of the molecule is CCCCCCCOc1ccc(-c2cnc(-c3ccc(C[C@H](CC(=O)c4ccc(C(C)(C)C)cc4C)C(=O)N[C@H](C)C(=O)O)cc3)nc2)cc1. The molecule has 0 unspecified atom stereocenters. The van der Waals surface area contributed by atoms with Gasteiger partial charge in [-0.3, -0.25) is 14.4 Å². The van der Waals surface area contributed by atoms with E-state index < -0.39 is 23.8 Å². The molecule has 4 rings (SSSR count). The van der Waals surface area contributed by atoms with Crippen LogP contribution in [0.1, 0.15) is 100 Å². The summed E-state index contributed by atoms with van der Waals surface area (Å²) in [6.45, 7) is 12.6. The van der Waals surface area contributed by atoms with Gasteiger partial charge in [0.15, 0.2) is 11.6 Å². The molecule has 50 heavy (non-hydrogen) atoms. The highest BCUT2D eigenvalue weighted by Gasteiger charge is 2.27. The van der Waals surface area contributed by atoms with Gasteiger partial charge in [-0.15, -0.1) is 0 Å². The molecule has 264 valence electrons. The van der Waals surface area contributed by atoms with Crippen LogP contribution in [-0.4, -0.2) is 45.4 Å². The number of Topliss-reactive ketones (excluding diaryl/α,β-unsaturated/α-hetero) is 1. The number of carboxylic acid groups (broad SMARTS) is 1. The van der Waals surface area contributed by atoms with E-state index in [0.29, 0.717) is 11.4 Å². The van der Waals surface area contributed by atoms with Crippen molar-refractivity contribution in [1.29, 1.82) is 0 Å². The lowest BCUT2D eigenvalue weighted by molar-refractivity contribution is -0.141. The maximum Gasteiger partial charge on any atom is 0.325 e. The van der Waals surface area contributed by atoms with Crippen LogP contribution in [0, 0.1) is 12.8 Å². The van der Waals surface area contributed by atoms with Crippen LogP contribution < -0.4 is 10.1 Å². The summed E-state index contributed by atoms with van der Waals surface area (Å²) in [6.07, 6.45) is 9.83. The smallest absolute Gasteiger partial charge is 0.325 e. The number of amides is 1. The van der Waals surface area contributed by atoms with Crippen LogP contribution in [0.5, 0.6) is 5.75 Å². The molecular weight excluding hydrogens is 626 g/mol. The van der Waals surface area contributed by atoms with Gasteiger partial charge in [-0.05, 0) is 66.5 Å². The first-order chi connectivity index (χ1) is 23.8. The first-order valence-electron chi connectivity index (χ1n) is 17.7. The number of ether oxygens (including phenoxy) is 1. The Labute approximate surface area is 296 Å². The lowest BCUT2D eigenvalue weighted by Gasteiger charge is -2.21. The molecule has 3 aromatic carbocycles. The van der Waals surface area contributed by atoms with Crippen LogP contribution >= 0.6 is 0 Å². The van der Waals surface area contributed by atoms with Gasteiger partial charge in [-0.2, -0.15) is 0 Å². The van der Waals surface area contributed by atoms with E-state index in [9.17, 15) is 19.5 Å². The molecule has 1 heterocycles. The number of aliphatic carboxylic acids is 1. The van der Waals surface area contributed by atoms with Gasteiger partial charge in [0.1, 0.15) is 11.8 Å². The Kier molecular flexibility index (Phi) is 13.4. The topological polar surface area (TPSA) is 118 Å². The standard InChI is InChI=1S/C42H51N3O5/c1-7-8-9-10-11-22-50-36-19-16-31(17-20-36)34-26-43-39(44-27-34)32-14-12-30(13-15-32)24-33(40(47)45-29(3)41(48)49)25-38(46)37-21-18-35(23-28(37)2)42(4,5)6/h12-21,23,26-27,29,33H,7-11,22,24-25H2,1-6H3,(H,45,47)(H,48,49)/t29-,33-/m1/s1. The number of carbonyl (C=O) groups excluding carboxylic acids is 2. The molecule has 0 spiro atoms. The van der Waals surface area contributed by atoms with Crippen LogP contribution in [0.2, 0.25) is 0 Å². The second-order valence-corrected chi connectivity index (χ2v) is 14.2. The second kappa shape index (κ2) is 17.7. The molecule has 4 aromatic rings. The fraction of sp³-hybridized carbons (Fsp3) is 0.405. The van der Waals surface area contributed by atoms with Crippen molar-refractivity contribution in [2.24, 2.45) is 5.92 Å². The minimum atomic E-state index is -1.14. The van der Waals surface area contributed by atoms with Crippen LogP contribution in [0.15, 0.2) is 79.1 Å². The van der Waals surface area contributed by atoms with E-state index in [-0.39, 0.29) is 24.0 Å². The number of ketones is 1. The number of benzene rings is 3. The van der Waals surface area contributed by atoms with Crippen LogP contribution in [0.3, 0.4) is 0 Å². The third-order valence-corrected chi connectivity index (χ3v) is 8.97. The number of nitrogens with one attached hydrogen (secondary N) is 1. The van der Waals surface area contributed by atoms with Crippen molar-refractivity contribution in [3.63, 3.8) is 0 Å². The van der Waals surface area contributed by atoms with Crippen LogP contribution in [0.25, 0.3) is 22.5 Å². The Morgan fingerprint density at radius 2 is 1.48 bits per heavy atom. The predicted molar refractivity (Wildman–Crippen MR) is 198 cm³/mol. The van der Waals surface area contributed by atoms with Gasteiger partial charge in [0.25, 0.3) is 0 Å². The lowest BCUT2D eigenvalue weighted by Crippen LogP contribution is -2.42. The Morgan fingerprint density at radius 1 is 0.840 bits per heavy atom. The zero-order valence-electron chi connectivity index (χ0n) is 30.3. The van der Waals surface area contributed by atoms with Gasteiger partial charge < -0.3 is 15.2 Å². The average Bonchev–Trinajstić information content (AvgIpc) is 3.09. The van der Waals surface area contributed by atoms with Crippen molar-refractivity contribution in [1.82, 2.24) is 15.3 Å². The van der Waals surface area contributed by atoms with Gasteiger partial charge in [0.2, 0.25) is 5.91 Å². The van der Waals surface area contributed by atoms with E-state index in [4.69, 9.17) is 4.74 Å². The normalized spacial score (nSPS) is 12.6. The molecule has 0 saturated heterocycles. The number of carbonyl (C=O) groups is 3. The Bertz CT molecular complexity index is 1730. The largest absolute Gasteiger partial charge is 0.494 e. The van der Waals surface area contributed by atoms with E-state index in [2.05, 4.69) is 43.0 Å². The van der Waals surface area contributed by atoms with Crippen LogP contribution in [0.4, 0.5) is 0 Å². The molecule has 0 saturated carbocycles. The zero-order valence-corrected chi connectivity index (χ0v) is 30.3. The number of rotatable bonds is 17. The van der Waals surface area contributed by atoms with Crippen molar-refractivity contribution in [3.8, 4) is 28.3 Å². The molecule has 2 atom stereocenters. The molecule has 1 amide bonds. The highest BCUT2D eigenvalue weighted by atomic mass is 16.5. The molecule has 0 fully saturated rings. The van der Waals surface area contributed by atoms with Gasteiger partial charge in [0.05, 0.1) is 6.61 Å². The Hall–Kier alpha value is -4.85. The Morgan fingerprint density at radius 3 is 2.08 bits per heavy atom. The van der Waals surface area contributed by atoms with Gasteiger partial charge >= 0.3 is 5.97 Å². The van der Waals surface area contributed by atoms with Crippen molar-refractivity contribution >= 4 is 17.7 Å². The van der Waals surface area contributed by atoms with E-state index in [0.717, 1.165) is 52.2 Å². The van der Waals surface area contributed by atoms with E-state index in [1.807, 2.05) is 73.7 Å². The summed E-state index contributed by atoms with van der Waals surface area (Å²) in [5.41, 5.74) is 6.03. The number of nitrogens with zero attached hydrogens (tertiary/aromatic N) is 2. The molecule has 0 aliphatic carbocycles. The lowest BCUT2D eigenvalue weighted by atomic mass is 9.84. The molecule has 0 aliphatic heterocycles. The number of hydrogen-bond acceptors (Lipinski definition) is 6. The molecule has 0 bridgehead atoms. The summed E-state index contributed by atoms with van der Waals surface area (Å²) in [4.78, 5) is 47.5. The number of aryl methyl sites for hydroxylation is 1. The number of unbranched alkanes of at least 4 members (excludes halogenated alkanes) is 4. The van der Waals surface area contributed by atoms with Gasteiger partial charge in [-0.25, -0.2) is 9.97 Å². The first-order valence-corrected chi connectivity index (χ1v) is 17.7. The molecule has 0 aliphatic rings. The summed E-state index contributed by atoms with van der Waals surface area (Å²) in [7, 11) is 0. The van der Waals surface area contributed by atoms with Gasteiger partial charge in [-0.1, -0.05) is 108 Å². The van der Waals surface area contributed by atoms with Crippen molar-refractivity contribution in [2.75, 3.05) is 6.61 Å². The van der Waals surface area contributed by atoms with Crippen molar-refractivity contribution in [2.45, 2.75) is 97.9 Å². The second-order valence-electron chi connectivity index (χ2n) is 14.2. The third-order valence-electron chi connectivity index (χ3n) is 8.97. The Balaban J connectivity index is 1.42. The summed E-state index contributed by atoms with van der Waals surface area (Å²) in [5.74, 6) is -1.10. The summed E-state index contributed by atoms with van der Waals surface area (Å²) in [5, 5.41) is 11.9. The molecule has 1 aromatic heterocycles. The minimum absolute atomic E-state index is 0.0493. The highest BCUT2D eigenvalue weighted by molar-refractivity contribution is 6.00. The van der Waals surface area contributed by atoms with E-state index >= 15 is 0 Å². The quantitative estimate of drug-likeness (QED) is 0.0847. The van der Waals surface area contributed by atoms with Crippen LogP contribution in [-0.2, 0) is 21.4 Å².